The highest BCUT2D eigenvalue weighted by atomic mass is 35.5. The van der Waals surface area contributed by atoms with Crippen LogP contribution in [0.3, 0.4) is 0 Å². The van der Waals surface area contributed by atoms with E-state index in [1.807, 2.05) is 37.3 Å². The number of halogens is 2. The van der Waals surface area contributed by atoms with E-state index in [9.17, 15) is 14.0 Å². The van der Waals surface area contributed by atoms with E-state index in [4.69, 9.17) is 16.3 Å². The van der Waals surface area contributed by atoms with Crippen molar-refractivity contribution in [2.75, 3.05) is 0 Å². The second-order valence-corrected chi connectivity index (χ2v) is 6.49. The Labute approximate surface area is 157 Å². The monoisotopic (exact) mass is 377 g/mol. The summed E-state index contributed by atoms with van der Waals surface area (Å²) in [7, 11) is 0. The Hall–Kier alpha value is -2.40. The van der Waals surface area contributed by atoms with Crippen molar-refractivity contribution in [3.05, 3.63) is 70.5 Å². The Bertz CT molecular complexity index is 747. The summed E-state index contributed by atoms with van der Waals surface area (Å²) in [6.45, 7) is 3.31. The van der Waals surface area contributed by atoms with Crippen LogP contribution in [0.1, 0.15) is 36.2 Å². The zero-order valence-electron chi connectivity index (χ0n) is 14.7. The fourth-order valence-electron chi connectivity index (χ4n) is 2.43. The molecule has 2 rings (SSSR count). The van der Waals surface area contributed by atoms with Crippen LogP contribution in [0.25, 0.3) is 0 Å². The summed E-state index contributed by atoms with van der Waals surface area (Å²) < 4.78 is 18.8. The minimum absolute atomic E-state index is 0.0566. The number of amides is 1. The lowest BCUT2D eigenvalue weighted by atomic mass is 10.1. The molecule has 0 spiro atoms. The van der Waals surface area contributed by atoms with Gasteiger partial charge >= 0.3 is 5.97 Å². The quantitative estimate of drug-likeness (QED) is 0.737. The number of hydrogen-bond donors (Lipinski definition) is 1. The molecule has 1 amide bonds. The number of hydrogen-bond acceptors (Lipinski definition) is 3. The number of esters is 1. The summed E-state index contributed by atoms with van der Waals surface area (Å²) in [5.41, 5.74) is 0.813. The molecule has 0 fully saturated rings. The van der Waals surface area contributed by atoms with E-state index in [0.717, 1.165) is 18.9 Å². The lowest BCUT2D eigenvalue weighted by Crippen LogP contribution is -2.41. The number of nitrogens with one attached hydrogen (secondary N) is 1. The molecule has 0 aliphatic rings. The maximum atomic E-state index is 13.7. The Balaban J connectivity index is 1.86. The lowest BCUT2D eigenvalue weighted by molar-refractivity contribution is -0.129. The molecule has 4 nitrogen and oxygen atoms in total. The Morgan fingerprint density at radius 1 is 1.12 bits per heavy atom. The average Bonchev–Trinajstić information content (AvgIpc) is 2.60. The molecule has 2 aromatic rings. The summed E-state index contributed by atoms with van der Waals surface area (Å²) in [5.74, 6) is -2.19. The molecule has 0 heterocycles. The van der Waals surface area contributed by atoms with Crippen molar-refractivity contribution in [2.45, 2.75) is 38.8 Å². The van der Waals surface area contributed by atoms with Gasteiger partial charge in [0.15, 0.2) is 6.10 Å². The molecule has 0 radical (unpaired) electrons. The standard InChI is InChI=1S/C20H21ClFNO3/c1-13(11-12-15-7-4-3-5-8-15)23-19(24)14(2)26-20(25)18-16(21)9-6-10-17(18)22/h3-10,13-14H,11-12H2,1-2H3,(H,23,24)/t13-,14-/m0/s1. The number of rotatable bonds is 7. The van der Waals surface area contributed by atoms with E-state index in [1.165, 1.54) is 24.6 Å². The van der Waals surface area contributed by atoms with Crippen LogP contribution in [0, 0.1) is 5.82 Å². The summed E-state index contributed by atoms with van der Waals surface area (Å²) in [5, 5.41) is 2.74. The van der Waals surface area contributed by atoms with Crippen LogP contribution in [0.2, 0.25) is 5.02 Å². The summed E-state index contributed by atoms with van der Waals surface area (Å²) in [4.78, 5) is 24.3. The van der Waals surface area contributed by atoms with Crippen LogP contribution < -0.4 is 5.32 Å². The Morgan fingerprint density at radius 3 is 2.46 bits per heavy atom. The highest BCUT2D eigenvalue weighted by Crippen LogP contribution is 2.20. The summed E-state index contributed by atoms with van der Waals surface area (Å²) in [6, 6.07) is 13.7. The second-order valence-electron chi connectivity index (χ2n) is 6.08. The van der Waals surface area contributed by atoms with Crippen LogP contribution in [0.15, 0.2) is 48.5 Å². The van der Waals surface area contributed by atoms with Gasteiger partial charge in [-0.2, -0.15) is 0 Å². The van der Waals surface area contributed by atoms with Gasteiger partial charge in [0.25, 0.3) is 5.91 Å². The molecule has 0 saturated carbocycles. The van der Waals surface area contributed by atoms with Crippen molar-refractivity contribution in [3.63, 3.8) is 0 Å². The van der Waals surface area contributed by atoms with Crippen LogP contribution in [0.4, 0.5) is 4.39 Å². The topological polar surface area (TPSA) is 55.4 Å². The molecule has 0 bridgehead atoms. The number of carbonyl (C=O) groups is 2. The van der Waals surface area contributed by atoms with Crippen LogP contribution in [0.5, 0.6) is 0 Å². The molecule has 0 aliphatic heterocycles. The molecule has 2 atom stereocenters. The summed E-state index contributed by atoms with van der Waals surface area (Å²) >= 11 is 5.83. The van der Waals surface area contributed by atoms with E-state index >= 15 is 0 Å². The van der Waals surface area contributed by atoms with Gasteiger partial charge in [-0.1, -0.05) is 48.0 Å². The molecule has 2 aromatic carbocycles. The van der Waals surface area contributed by atoms with Crippen molar-refractivity contribution >= 4 is 23.5 Å². The minimum atomic E-state index is -1.06. The zero-order valence-corrected chi connectivity index (χ0v) is 15.4. The molecule has 0 aromatic heterocycles. The van der Waals surface area contributed by atoms with E-state index in [-0.39, 0.29) is 16.6 Å². The second kappa shape index (κ2) is 9.34. The zero-order chi connectivity index (χ0) is 19.1. The third kappa shape index (κ3) is 5.56. The normalized spacial score (nSPS) is 12.9. The minimum Gasteiger partial charge on any atom is -0.449 e. The summed E-state index contributed by atoms with van der Waals surface area (Å²) in [6.07, 6.45) is 0.508. The smallest absolute Gasteiger partial charge is 0.343 e. The van der Waals surface area contributed by atoms with E-state index in [1.54, 1.807) is 0 Å². The van der Waals surface area contributed by atoms with Gasteiger partial charge in [-0.3, -0.25) is 4.79 Å². The van der Waals surface area contributed by atoms with Gasteiger partial charge in [-0.25, -0.2) is 9.18 Å². The SMILES string of the molecule is C[C@H](OC(=O)c1c(F)cccc1Cl)C(=O)N[C@@H](C)CCc1ccccc1. The van der Waals surface area contributed by atoms with Crippen molar-refractivity contribution in [2.24, 2.45) is 0 Å². The number of carbonyl (C=O) groups excluding carboxylic acids is 2. The molecule has 1 N–H and O–H groups in total. The van der Waals surface area contributed by atoms with Gasteiger partial charge in [0.1, 0.15) is 11.4 Å². The van der Waals surface area contributed by atoms with Crippen LogP contribution in [-0.2, 0) is 16.0 Å². The van der Waals surface area contributed by atoms with Gasteiger partial charge in [0.05, 0.1) is 5.02 Å². The highest BCUT2D eigenvalue weighted by molar-refractivity contribution is 6.33. The largest absolute Gasteiger partial charge is 0.449 e. The van der Waals surface area contributed by atoms with E-state index in [0.29, 0.717) is 0 Å². The molecule has 0 unspecified atom stereocenters. The van der Waals surface area contributed by atoms with Gasteiger partial charge in [0.2, 0.25) is 0 Å². The van der Waals surface area contributed by atoms with Gasteiger partial charge in [-0.15, -0.1) is 0 Å². The van der Waals surface area contributed by atoms with Crippen molar-refractivity contribution in [3.8, 4) is 0 Å². The number of aryl methyl sites for hydroxylation is 1. The molecule has 138 valence electrons. The molecule has 0 aliphatic carbocycles. The first kappa shape index (κ1) is 19.9. The lowest BCUT2D eigenvalue weighted by Gasteiger charge is -2.18. The van der Waals surface area contributed by atoms with Crippen molar-refractivity contribution in [1.29, 1.82) is 0 Å². The predicted molar refractivity (Wildman–Crippen MR) is 98.7 cm³/mol. The molecular formula is C20H21ClFNO3. The highest BCUT2D eigenvalue weighted by Gasteiger charge is 2.23. The Morgan fingerprint density at radius 2 is 1.81 bits per heavy atom. The number of ether oxygens (including phenoxy) is 1. The maximum absolute atomic E-state index is 13.7. The fourth-order valence-corrected chi connectivity index (χ4v) is 2.67. The first-order valence-corrected chi connectivity index (χ1v) is 8.75. The third-order valence-corrected chi connectivity index (χ3v) is 4.23. The van der Waals surface area contributed by atoms with E-state index in [2.05, 4.69) is 5.32 Å². The van der Waals surface area contributed by atoms with Gasteiger partial charge in [0, 0.05) is 6.04 Å². The van der Waals surface area contributed by atoms with Gasteiger partial charge < -0.3 is 10.1 Å². The van der Waals surface area contributed by atoms with Gasteiger partial charge in [-0.05, 0) is 44.4 Å². The van der Waals surface area contributed by atoms with Crippen molar-refractivity contribution < 1.29 is 18.7 Å². The van der Waals surface area contributed by atoms with Crippen LogP contribution >= 0.6 is 11.6 Å². The van der Waals surface area contributed by atoms with E-state index < -0.39 is 23.8 Å². The predicted octanol–water partition coefficient (Wildman–Crippen LogP) is 4.16. The van der Waals surface area contributed by atoms with Crippen molar-refractivity contribution in [1.82, 2.24) is 5.32 Å². The van der Waals surface area contributed by atoms with Crippen LogP contribution in [-0.4, -0.2) is 24.0 Å². The first-order valence-electron chi connectivity index (χ1n) is 8.37. The maximum Gasteiger partial charge on any atom is 0.343 e. The number of benzene rings is 2. The first-order chi connectivity index (χ1) is 12.4. The fraction of sp³-hybridized carbons (Fsp3) is 0.300. The third-order valence-electron chi connectivity index (χ3n) is 3.92. The molecular weight excluding hydrogens is 357 g/mol. The average molecular weight is 378 g/mol. The molecule has 6 heteroatoms. The molecule has 0 saturated heterocycles. The molecule has 26 heavy (non-hydrogen) atoms. The Kier molecular flexibility index (Phi) is 7.16.